The molecule has 17 heavy (non-hydrogen) atoms. The van der Waals surface area contributed by atoms with Crippen molar-refractivity contribution in [3.8, 4) is 0 Å². The van der Waals surface area contributed by atoms with E-state index in [1.165, 1.54) is 18.8 Å². The van der Waals surface area contributed by atoms with Crippen LogP contribution in [0.3, 0.4) is 0 Å². The molecule has 0 bridgehead atoms. The molecule has 0 saturated carbocycles. The summed E-state index contributed by atoms with van der Waals surface area (Å²) >= 11 is 2.06. The molecule has 1 aliphatic rings. The Labute approximate surface area is 112 Å². The lowest BCUT2D eigenvalue weighted by atomic mass is 9.80. The monoisotopic (exact) mass is 255 g/mol. The smallest absolute Gasteiger partial charge is 0.0492 e. The van der Waals surface area contributed by atoms with E-state index in [0.717, 1.165) is 6.54 Å². The van der Waals surface area contributed by atoms with E-state index in [9.17, 15) is 0 Å². The molecule has 1 nitrogen and oxygen atoms in total. The van der Waals surface area contributed by atoms with Crippen LogP contribution in [0.5, 0.6) is 0 Å². The first-order valence-electron chi connectivity index (χ1n) is 6.75. The van der Waals surface area contributed by atoms with Crippen molar-refractivity contribution >= 4 is 11.8 Å². The van der Waals surface area contributed by atoms with Crippen LogP contribution in [0.4, 0.5) is 0 Å². The second-order valence-electron chi connectivity index (χ2n) is 7.13. The number of rotatable bonds is 2. The van der Waals surface area contributed by atoms with Gasteiger partial charge in [-0.25, -0.2) is 0 Å². The summed E-state index contributed by atoms with van der Waals surface area (Å²) in [6, 6.07) is 0. The molecule has 0 aromatic rings. The Morgan fingerprint density at radius 2 is 1.65 bits per heavy atom. The Morgan fingerprint density at radius 1 is 1.06 bits per heavy atom. The molecule has 100 valence electrons. The van der Waals surface area contributed by atoms with Crippen molar-refractivity contribution in [2.24, 2.45) is 10.8 Å². The van der Waals surface area contributed by atoms with E-state index in [0.29, 0.717) is 10.8 Å². The zero-order valence-electron chi connectivity index (χ0n) is 12.7. The molecule has 1 aliphatic heterocycles. The summed E-state index contributed by atoms with van der Waals surface area (Å²) < 4.78 is 0. The van der Waals surface area contributed by atoms with Gasteiger partial charge in [0.05, 0.1) is 0 Å². The summed E-state index contributed by atoms with van der Waals surface area (Å²) in [5.74, 6) is 1.17. The Balaban J connectivity index is 3.03. The van der Waals surface area contributed by atoms with E-state index >= 15 is 0 Å². The van der Waals surface area contributed by atoms with Gasteiger partial charge in [0.15, 0.2) is 0 Å². The van der Waals surface area contributed by atoms with E-state index in [-0.39, 0.29) is 0 Å². The Morgan fingerprint density at radius 3 is 2.06 bits per heavy atom. The van der Waals surface area contributed by atoms with Crippen molar-refractivity contribution in [3.05, 3.63) is 10.5 Å². The average Bonchev–Trinajstić information content (AvgIpc) is 2.15. The highest BCUT2D eigenvalue weighted by atomic mass is 32.2. The molecular formula is C15H29NS. The fourth-order valence-corrected chi connectivity index (χ4v) is 3.80. The number of hydrogen-bond donors (Lipinski definition) is 0. The molecule has 0 radical (unpaired) electrons. The minimum atomic E-state index is 0.294. The topological polar surface area (TPSA) is 3.24 Å². The first-order chi connectivity index (χ1) is 7.66. The molecule has 0 unspecified atom stereocenters. The number of allylic oxidation sites excluding steroid dienone is 1. The molecule has 0 amide bonds. The molecule has 0 spiro atoms. The van der Waals surface area contributed by atoms with Crippen molar-refractivity contribution in [2.45, 2.75) is 54.9 Å². The second kappa shape index (κ2) is 5.36. The summed E-state index contributed by atoms with van der Waals surface area (Å²) in [7, 11) is 0. The molecule has 0 aromatic heterocycles. The minimum Gasteiger partial charge on any atom is -0.290 e. The van der Waals surface area contributed by atoms with E-state index in [1.807, 2.05) is 0 Å². The fourth-order valence-electron chi connectivity index (χ4n) is 2.29. The predicted molar refractivity (Wildman–Crippen MR) is 80.3 cm³/mol. The third-order valence-electron chi connectivity index (χ3n) is 3.17. The van der Waals surface area contributed by atoms with Gasteiger partial charge >= 0.3 is 0 Å². The van der Waals surface area contributed by atoms with E-state index in [2.05, 4.69) is 65.1 Å². The summed E-state index contributed by atoms with van der Waals surface area (Å²) in [5.41, 5.74) is 2.24. The van der Waals surface area contributed by atoms with Crippen LogP contribution in [0.25, 0.3) is 0 Å². The van der Waals surface area contributed by atoms with Crippen LogP contribution < -0.4 is 0 Å². The minimum absolute atomic E-state index is 0.294. The molecule has 0 N–H and O–H groups in total. The lowest BCUT2D eigenvalue weighted by Gasteiger charge is -2.40. The molecule has 1 rings (SSSR count). The van der Waals surface area contributed by atoms with E-state index in [4.69, 9.17) is 0 Å². The van der Waals surface area contributed by atoms with Crippen LogP contribution in [-0.4, -0.2) is 23.9 Å². The van der Waals surface area contributed by atoms with Gasteiger partial charge in [0.25, 0.3) is 0 Å². The first-order valence-corrected chi connectivity index (χ1v) is 7.74. The molecule has 2 heteroatoms. The van der Waals surface area contributed by atoms with Gasteiger partial charge in [-0.2, -0.15) is 0 Å². The third kappa shape index (κ3) is 4.03. The summed E-state index contributed by atoms with van der Waals surface area (Å²) in [6.45, 7) is 18.7. The summed E-state index contributed by atoms with van der Waals surface area (Å²) in [4.78, 5) is 4.21. The molecule has 0 aliphatic carbocycles. The largest absolute Gasteiger partial charge is 0.290 e. The average molecular weight is 255 g/mol. The van der Waals surface area contributed by atoms with Crippen LogP contribution in [0, 0.1) is 10.8 Å². The Kier molecular flexibility index (Phi) is 4.76. The number of thioether (sulfide) groups is 1. The highest BCUT2D eigenvalue weighted by Crippen LogP contribution is 2.45. The van der Waals surface area contributed by atoms with Crippen molar-refractivity contribution in [2.75, 3.05) is 19.0 Å². The van der Waals surface area contributed by atoms with Crippen LogP contribution in [0.1, 0.15) is 54.9 Å². The van der Waals surface area contributed by atoms with Crippen LogP contribution >= 0.6 is 11.8 Å². The Bertz CT molecular complexity index is 291. The molecule has 0 fully saturated rings. The van der Waals surface area contributed by atoms with Crippen molar-refractivity contribution in [1.29, 1.82) is 0 Å². The fraction of sp³-hybridized carbons (Fsp3) is 0.867. The zero-order chi connectivity index (χ0) is 13.3. The normalized spacial score (nSPS) is 19.9. The van der Waals surface area contributed by atoms with Crippen LogP contribution in [0.2, 0.25) is 0 Å². The molecule has 0 saturated heterocycles. The first kappa shape index (κ1) is 15.1. The number of hydrogen-bond acceptors (Lipinski definition) is 2. The van der Waals surface area contributed by atoms with Gasteiger partial charge in [-0.3, -0.25) is 4.90 Å². The van der Waals surface area contributed by atoms with Crippen molar-refractivity contribution in [1.82, 2.24) is 4.90 Å². The zero-order valence-corrected chi connectivity index (χ0v) is 13.5. The van der Waals surface area contributed by atoms with Gasteiger partial charge in [-0.05, 0) is 34.3 Å². The molecular weight excluding hydrogens is 226 g/mol. The van der Waals surface area contributed by atoms with Crippen LogP contribution in [0.15, 0.2) is 10.5 Å². The standard InChI is InChI=1S/C15H29NS/c1-8-9-16-10-12(14(2,3)4)13(17-11-16)15(5,6)7/h8-11H2,1-7H3. The van der Waals surface area contributed by atoms with Gasteiger partial charge in [0.1, 0.15) is 0 Å². The van der Waals surface area contributed by atoms with Gasteiger partial charge < -0.3 is 0 Å². The second-order valence-corrected chi connectivity index (χ2v) is 8.09. The van der Waals surface area contributed by atoms with Crippen molar-refractivity contribution < 1.29 is 0 Å². The van der Waals surface area contributed by atoms with Gasteiger partial charge in [-0.15, -0.1) is 11.8 Å². The SMILES string of the molecule is CCCN1CSC(C(C)(C)C)=C(C(C)(C)C)C1. The van der Waals surface area contributed by atoms with Gasteiger partial charge in [0.2, 0.25) is 0 Å². The molecule has 1 heterocycles. The summed E-state index contributed by atoms with van der Waals surface area (Å²) in [5, 5.41) is 0. The lowest BCUT2D eigenvalue weighted by molar-refractivity contribution is 0.307. The maximum atomic E-state index is 2.58. The van der Waals surface area contributed by atoms with E-state index < -0.39 is 0 Å². The third-order valence-corrected chi connectivity index (χ3v) is 4.82. The highest BCUT2D eigenvalue weighted by molar-refractivity contribution is 8.03. The maximum Gasteiger partial charge on any atom is 0.0492 e. The highest BCUT2D eigenvalue weighted by Gasteiger charge is 2.32. The quantitative estimate of drug-likeness (QED) is 0.700. The van der Waals surface area contributed by atoms with Gasteiger partial charge in [-0.1, -0.05) is 48.5 Å². The van der Waals surface area contributed by atoms with Crippen LogP contribution in [-0.2, 0) is 0 Å². The molecule has 0 aromatic carbocycles. The van der Waals surface area contributed by atoms with Crippen molar-refractivity contribution in [3.63, 3.8) is 0 Å². The molecule has 0 atom stereocenters. The summed E-state index contributed by atoms with van der Waals surface area (Å²) in [6.07, 6.45) is 1.25. The Hall–Kier alpha value is 0.0500. The predicted octanol–water partition coefficient (Wildman–Crippen LogP) is 4.75. The lowest BCUT2D eigenvalue weighted by Crippen LogP contribution is -2.36. The number of nitrogens with zero attached hydrogens (tertiary/aromatic N) is 1. The maximum absolute atomic E-state index is 2.58. The van der Waals surface area contributed by atoms with E-state index in [1.54, 1.807) is 10.5 Å². The van der Waals surface area contributed by atoms with Gasteiger partial charge in [0, 0.05) is 12.4 Å².